The molecule has 0 fully saturated rings. The highest BCUT2D eigenvalue weighted by Crippen LogP contribution is 2.21. The summed E-state index contributed by atoms with van der Waals surface area (Å²) in [7, 11) is 1.60. The quantitative estimate of drug-likeness (QED) is 0.837. The lowest BCUT2D eigenvalue weighted by Crippen LogP contribution is -2.43. The topological polar surface area (TPSA) is 83.6 Å². The maximum Gasteiger partial charge on any atom is 0.305 e. The maximum atomic E-state index is 12.0. The van der Waals surface area contributed by atoms with Gasteiger partial charge >= 0.3 is 5.97 Å². The van der Waals surface area contributed by atoms with Gasteiger partial charge in [-0.25, -0.2) is 0 Å². The van der Waals surface area contributed by atoms with E-state index in [0.29, 0.717) is 0 Å². The zero-order valence-corrected chi connectivity index (χ0v) is 10.8. The first kappa shape index (κ1) is 14.2. The number of carbonyl (C=O) groups excluding carboxylic acids is 1. The van der Waals surface area contributed by atoms with E-state index in [1.54, 1.807) is 7.05 Å². The number of hydrogen-bond acceptors (Lipinski definition) is 3. The van der Waals surface area contributed by atoms with Gasteiger partial charge in [-0.1, -0.05) is 12.1 Å². The Morgan fingerprint density at radius 2 is 2.00 bits per heavy atom. The number of benzene rings is 1. The highest BCUT2D eigenvalue weighted by Gasteiger charge is 2.22. The lowest BCUT2D eigenvalue weighted by Gasteiger charge is -2.22. The normalized spacial score (nSPS) is 12.0. The summed E-state index contributed by atoms with van der Waals surface area (Å²) in [4.78, 5) is 23.9. The molecular formula is C13H18N2O3. The Labute approximate surface area is 106 Å². The zero-order chi connectivity index (χ0) is 13.9. The number of aliphatic carboxylic acids is 1. The molecule has 1 atom stereocenters. The van der Waals surface area contributed by atoms with Crippen LogP contribution in [0.3, 0.4) is 0 Å². The predicted octanol–water partition coefficient (Wildman–Crippen LogP) is 1.07. The van der Waals surface area contributed by atoms with Gasteiger partial charge in [-0.2, -0.15) is 0 Å². The molecule has 0 aliphatic carbocycles. The van der Waals surface area contributed by atoms with Crippen molar-refractivity contribution in [1.29, 1.82) is 0 Å². The molecule has 0 radical (unpaired) electrons. The average Bonchev–Trinajstić information content (AvgIpc) is 2.29. The van der Waals surface area contributed by atoms with Gasteiger partial charge in [0.05, 0.1) is 12.5 Å². The van der Waals surface area contributed by atoms with Crippen molar-refractivity contribution >= 4 is 17.6 Å². The molecule has 3 N–H and O–H groups in total. The van der Waals surface area contributed by atoms with Crippen molar-refractivity contribution in [3.8, 4) is 0 Å². The fraction of sp³-hybridized carbons (Fsp3) is 0.385. The number of rotatable bonds is 4. The van der Waals surface area contributed by atoms with E-state index in [1.807, 2.05) is 32.0 Å². The number of carbonyl (C=O) groups is 2. The van der Waals surface area contributed by atoms with Gasteiger partial charge in [0.1, 0.15) is 0 Å². The number of aryl methyl sites for hydroxylation is 2. The average molecular weight is 250 g/mol. The number of carboxylic acid groups (broad SMARTS) is 1. The molecule has 0 aromatic heterocycles. The zero-order valence-electron chi connectivity index (χ0n) is 10.8. The van der Waals surface area contributed by atoms with E-state index in [9.17, 15) is 9.59 Å². The largest absolute Gasteiger partial charge is 0.481 e. The summed E-state index contributed by atoms with van der Waals surface area (Å²) in [6.07, 6.45) is -0.367. The van der Waals surface area contributed by atoms with E-state index in [1.165, 1.54) is 4.90 Å². The first-order valence-corrected chi connectivity index (χ1v) is 5.65. The Hall–Kier alpha value is -1.88. The van der Waals surface area contributed by atoms with Crippen molar-refractivity contribution in [2.75, 3.05) is 11.9 Å². The minimum atomic E-state index is -1.08. The molecule has 1 unspecified atom stereocenters. The lowest BCUT2D eigenvalue weighted by atomic mass is 10.1. The van der Waals surface area contributed by atoms with Gasteiger partial charge < -0.3 is 15.7 Å². The van der Waals surface area contributed by atoms with Gasteiger partial charge in [0, 0.05) is 12.7 Å². The molecule has 1 amide bonds. The van der Waals surface area contributed by atoms with Crippen LogP contribution in [0.5, 0.6) is 0 Å². The number of anilines is 1. The molecule has 0 aliphatic heterocycles. The van der Waals surface area contributed by atoms with Crippen LogP contribution in [-0.4, -0.2) is 30.1 Å². The molecule has 0 heterocycles. The molecule has 0 saturated carbocycles. The molecule has 1 rings (SSSR count). The molecule has 5 nitrogen and oxygen atoms in total. The van der Waals surface area contributed by atoms with Crippen LogP contribution in [0.2, 0.25) is 0 Å². The molecule has 0 saturated heterocycles. The number of nitrogens with zero attached hydrogens (tertiary/aromatic N) is 1. The van der Waals surface area contributed by atoms with Crippen LogP contribution in [0, 0.1) is 13.8 Å². The molecule has 18 heavy (non-hydrogen) atoms. The molecule has 1 aromatic carbocycles. The highest BCUT2D eigenvalue weighted by molar-refractivity contribution is 5.98. The Balaban J connectivity index is 2.92. The molecule has 1 aromatic rings. The van der Waals surface area contributed by atoms with Crippen LogP contribution in [0.15, 0.2) is 18.2 Å². The molecule has 5 heteroatoms. The molecule has 0 bridgehead atoms. The van der Waals surface area contributed by atoms with Crippen molar-refractivity contribution in [2.24, 2.45) is 5.73 Å². The third kappa shape index (κ3) is 3.30. The van der Waals surface area contributed by atoms with Gasteiger partial charge in [0.25, 0.3) is 0 Å². The molecule has 0 spiro atoms. The van der Waals surface area contributed by atoms with Crippen LogP contribution in [0.4, 0.5) is 5.69 Å². The Bertz CT molecular complexity index is 471. The smallest absolute Gasteiger partial charge is 0.305 e. The van der Waals surface area contributed by atoms with Crippen molar-refractivity contribution in [2.45, 2.75) is 26.3 Å². The summed E-state index contributed by atoms with van der Waals surface area (Å²) in [6, 6.07) is 4.72. The van der Waals surface area contributed by atoms with Crippen molar-refractivity contribution in [1.82, 2.24) is 0 Å². The van der Waals surface area contributed by atoms with Crippen LogP contribution >= 0.6 is 0 Å². The van der Waals surface area contributed by atoms with Crippen LogP contribution in [0.25, 0.3) is 0 Å². The van der Waals surface area contributed by atoms with E-state index >= 15 is 0 Å². The predicted molar refractivity (Wildman–Crippen MR) is 69.6 cm³/mol. The van der Waals surface area contributed by atoms with Crippen molar-refractivity contribution in [3.63, 3.8) is 0 Å². The first-order valence-electron chi connectivity index (χ1n) is 5.65. The second-order valence-electron chi connectivity index (χ2n) is 4.39. The van der Waals surface area contributed by atoms with Crippen LogP contribution in [-0.2, 0) is 9.59 Å². The van der Waals surface area contributed by atoms with E-state index in [4.69, 9.17) is 10.8 Å². The van der Waals surface area contributed by atoms with Crippen LogP contribution < -0.4 is 10.6 Å². The lowest BCUT2D eigenvalue weighted by molar-refractivity contribution is -0.139. The highest BCUT2D eigenvalue weighted by atomic mass is 16.4. The van der Waals surface area contributed by atoms with Crippen molar-refractivity contribution < 1.29 is 14.7 Å². The standard InChI is InChI=1S/C13H18N2O3/c1-8-4-5-9(2)11(6-8)15(3)13(18)10(14)7-12(16)17/h4-6,10H,7,14H2,1-3H3,(H,16,17). The van der Waals surface area contributed by atoms with E-state index in [-0.39, 0.29) is 6.42 Å². The second kappa shape index (κ2) is 5.64. The minimum Gasteiger partial charge on any atom is -0.481 e. The first-order chi connectivity index (χ1) is 8.32. The number of likely N-dealkylation sites (N-methyl/N-ethyl adjacent to an activating group) is 1. The van der Waals surface area contributed by atoms with Gasteiger partial charge in [0.2, 0.25) is 5.91 Å². The third-order valence-electron chi connectivity index (χ3n) is 2.77. The van der Waals surface area contributed by atoms with Gasteiger partial charge in [-0.05, 0) is 31.0 Å². The number of hydrogen-bond donors (Lipinski definition) is 2. The summed E-state index contributed by atoms with van der Waals surface area (Å²) in [5.41, 5.74) is 8.30. The molecule has 0 aliphatic rings. The Kier molecular flexibility index (Phi) is 4.44. The Morgan fingerprint density at radius 1 is 1.39 bits per heavy atom. The number of amides is 1. The van der Waals surface area contributed by atoms with Crippen LogP contribution in [0.1, 0.15) is 17.5 Å². The monoisotopic (exact) mass is 250 g/mol. The van der Waals surface area contributed by atoms with E-state index in [0.717, 1.165) is 16.8 Å². The molecule has 98 valence electrons. The summed E-state index contributed by atoms with van der Waals surface area (Å²) < 4.78 is 0. The number of carboxylic acids is 1. The molecular weight excluding hydrogens is 232 g/mol. The second-order valence-corrected chi connectivity index (χ2v) is 4.39. The summed E-state index contributed by atoms with van der Waals surface area (Å²) in [5.74, 6) is -1.48. The minimum absolute atomic E-state index is 0.367. The fourth-order valence-electron chi connectivity index (χ4n) is 1.72. The summed E-state index contributed by atoms with van der Waals surface area (Å²) >= 11 is 0. The fourth-order valence-corrected chi connectivity index (χ4v) is 1.72. The van der Waals surface area contributed by atoms with E-state index < -0.39 is 17.9 Å². The maximum absolute atomic E-state index is 12.0. The van der Waals surface area contributed by atoms with Gasteiger partial charge in [-0.3, -0.25) is 9.59 Å². The SMILES string of the molecule is Cc1ccc(C)c(N(C)C(=O)C(N)CC(=O)O)c1. The summed E-state index contributed by atoms with van der Waals surface area (Å²) in [6.45, 7) is 3.82. The van der Waals surface area contributed by atoms with Gasteiger partial charge in [0.15, 0.2) is 0 Å². The van der Waals surface area contributed by atoms with Gasteiger partial charge in [-0.15, -0.1) is 0 Å². The van der Waals surface area contributed by atoms with E-state index in [2.05, 4.69) is 0 Å². The van der Waals surface area contributed by atoms with Crippen molar-refractivity contribution in [3.05, 3.63) is 29.3 Å². The Morgan fingerprint density at radius 3 is 2.56 bits per heavy atom. The third-order valence-corrected chi connectivity index (χ3v) is 2.77. The number of nitrogens with two attached hydrogens (primary N) is 1. The summed E-state index contributed by atoms with van der Waals surface area (Å²) in [5, 5.41) is 8.63.